The summed E-state index contributed by atoms with van der Waals surface area (Å²) in [6.45, 7) is 4.67. The lowest BCUT2D eigenvalue weighted by atomic mass is 9.90. The second kappa shape index (κ2) is 6.90. The van der Waals surface area contributed by atoms with Gasteiger partial charge in [0.25, 0.3) is 0 Å². The van der Waals surface area contributed by atoms with Gasteiger partial charge in [0, 0.05) is 5.92 Å². The van der Waals surface area contributed by atoms with Crippen LogP contribution < -0.4 is 4.74 Å². The minimum absolute atomic E-state index is 0.0434. The van der Waals surface area contributed by atoms with Crippen molar-refractivity contribution in [3.63, 3.8) is 0 Å². The molecule has 104 valence electrons. The van der Waals surface area contributed by atoms with Gasteiger partial charge in [-0.3, -0.25) is 0 Å². The third kappa shape index (κ3) is 3.70. The number of benzene rings is 2. The van der Waals surface area contributed by atoms with Gasteiger partial charge in [-0.05, 0) is 29.2 Å². The normalized spacial score (nSPS) is 12.2. The molecule has 0 saturated heterocycles. The third-order valence-electron chi connectivity index (χ3n) is 3.38. The number of carbonyl (C=O) groups is 1. The maximum Gasteiger partial charge on any atom is 0.127 e. The molecule has 0 N–H and O–H groups in total. The van der Waals surface area contributed by atoms with E-state index in [0.29, 0.717) is 12.5 Å². The highest BCUT2D eigenvalue weighted by Crippen LogP contribution is 2.24. The summed E-state index contributed by atoms with van der Waals surface area (Å²) in [6.07, 6.45) is 1.02. The Kier molecular flexibility index (Phi) is 4.94. The monoisotopic (exact) mass is 268 g/mol. The van der Waals surface area contributed by atoms with Crippen LogP contribution in [0.5, 0.6) is 5.75 Å². The van der Waals surface area contributed by atoms with Crippen molar-refractivity contribution >= 4 is 6.29 Å². The standard InChI is InChI=1S/C18H20O2/c1-14(2)18(12-19)16-8-10-17(11-9-16)20-13-15-6-4-3-5-7-15/h3-12,14,18H,13H2,1-2H3. The number of rotatable bonds is 6. The molecule has 20 heavy (non-hydrogen) atoms. The molecule has 0 bridgehead atoms. The molecule has 0 aliphatic heterocycles. The quantitative estimate of drug-likeness (QED) is 0.734. The van der Waals surface area contributed by atoms with E-state index in [9.17, 15) is 4.79 Å². The summed E-state index contributed by atoms with van der Waals surface area (Å²) >= 11 is 0. The average molecular weight is 268 g/mol. The molecule has 2 nitrogen and oxygen atoms in total. The topological polar surface area (TPSA) is 26.3 Å². The Hall–Kier alpha value is -2.09. The van der Waals surface area contributed by atoms with E-state index in [0.717, 1.165) is 23.2 Å². The van der Waals surface area contributed by atoms with Crippen molar-refractivity contribution in [1.29, 1.82) is 0 Å². The second-order valence-corrected chi connectivity index (χ2v) is 5.25. The van der Waals surface area contributed by atoms with Crippen LogP contribution in [0.2, 0.25) is 0 Å². The lowest BCUT2D eigenvalue weighted by Crippen LogP contribution is -2.07. The highest BCUT2D eigenvalue weighted by atomic mass is 16.5. The van der Waals surface area contributed by atoms with Gasteiger partial charge in [-0.1, -0.05) is 56.3 Å². The number of ether oxygens (including phenoxy) is 1. The first kappa shape index (κ1) is 14.3. The minimum Gasteiger partial charge on any atom is -0.489 e. The molecule has 2 rings (SSSR count). The fraction of sp³-hybridized carbons (Fsp3) is 0.278. The number of aldehydes is 1. The maximum atomic E-state index is 11.1. The fourth-order valence-electron chi connectivity index (χ4n) is 2.15. The largest absolute Gasteiger partial charge is 0.489 e. The van der Waals surface area contributed by atoms with Crippen molar-refractivity contribution in [2.24, 2.45) is 5.92 Å². The summed E-state index contributed by atoms with van der Waals surface area (Å²) in [7, 11) is 0. The predicted molar refractivity (Wildman–Crippen MR) is 80.9 cm³/mol. The summed E-state index contributed by atoms with van der Waals surface area (Å²) in [5.74, 6) is 1.09. The SMILES string of the molecule is CC(C)C(C=O)c1ccc(OCc2ccccc2)cc1. The summed E-state index contributed by atoms with van der Waals surface area (Å²) in [6, 6.07) is 17.9. The van der Waals surface area contributed by atoms with Gasteiger partial charge >= 0.3 is 0 Å². The number of carbonyl (C=O) groups excluding carboxylic acids is 1. The van der Waals surface area contributed by atoms with Crippen molar-refractivity contribution in [3.8, 4) is 5.75 Å². The van der Waals surface area contributed by atoms with Crippen LogP contribution in [0.1, 0.15) is 30.9 Å². The van der Waals surface area contributed by atoms with E-state index < -0.39 is 0 Å². The average Bonchev–Trinajstić information content (AvgIpc) is 2.48. The molecule has 0 aromatic heterocycles. The van der Waals surface area contributed by atoms with Crippen molar-refractivity contribution in [2.75, 3.05) is 0 Å². The van der Waals surface area contributed by atoms with Gasteiger partial charge in [0.15, 0.2) is 0 Å². The van der Waals surface area contributed by atoms with Crippen LogP contribution in [0.25, 0.3) is 0 Å². The highest BCUT2D eigenvalue weighted by molar-refractivity contribution is 5.62. The smallest absolute Gasteiger partial charge is 0.127 e. The Morgan fingerprint density at radius 3 is 2.20 bits per heavy atom. The molecule has 0 aliphatic carbocycles. The van der Waals surface area contributed by atoms with Gasteiger partial charge in [-0.15, -0.1) is 0 Å². The molecule has 1 unspecified atom stereocenters. The lowest BCUT2D eigenvalue weighted by molar-refractivity contribution is -0.109. The first-order chi connectivity index (χ1) is 9.70. The van der Waals surface area contributed by atoms with Gasteiger partial charge in [0.2, 0.25) is 0 Å². The van der Waals surface area contributed by atoms with E-state index in [1.165, 1.54) is 0 Å². The van der Waals surface area contributed by atoms with Crippen LogP contribution in [-0.2, 0) is 11.4 Å². The fourth-order valence-corrected chi connectivity index (χ4v) is 2.15. The van der Waals surface area contributed by atoms with Crippen LogP contribution >= 0.6 is 0 Å². The maximum absolute atomic E-state index is 11.1. The molecule has 2 aromatic rings. The van der Waals surface area contributed by atoms with Gasteiger partial charge < -0.3 is 9.53 Å². The minimum atomic E-state index is -0.0434. The summed E-state index contributed by atoms with van der Waals surface area (Å²) in [4.78, 5) is 11.1. The molecule has 2 aromatic carbocycles. The summed E-state index contributed by atoms with van der Waals surface area (Å²) in [5, 5.41) is 0. The van der Waals surface area contributed by atoms with Crippen LogP contribution in [0.4, 0.5) is 0 Å². The highest BCUT2D eigenvalue weighted by Gasteiger charge is 2.14. The Morgan fingerprint density at radius 1 is 1.00 bits per heavy atom. The van der Waals surface area contributed by atoms with E-state index in [1.807, 2.05) is 54.6 Å². The zero-order valence-electron chi connectivity index (χ0n) is 12.0. The Bertz CT molecular complexity index is 529. The first-order valence-electron chi connectivity index (χ1n) is 6.92. The van der Waals surface area contributed by atoms with E-state index >= 15 is 0 Å². The van der Waals surface area contributed by atoms with Crippen molar-refractivity contribution in [1.82, 2.24) is 0 Å². The van der Waals surface area contributed by atoms with Crippen LogP contribution in [0, 0.1) is 5.92 Å². The molecule has 0 amide bonds. The van der Waals surface area contributed by atoms with E-state index in [4.69, 9.17) is 4.74 Å². The molecule has 0 aliphatic rings. The molecular weight excluding hydrogens is 248 g/mol. The molecular formula is C18H20O2. The Balaban J connectivity index is 2.00. The zero-order valence-corrected chi connectivity index (χ0v) is 12.0. The lowest BCUT2D eigenvalue weighted by Gasteiger charge is -2.15. The number of hydrogen-bond acceptors (Lipinski definition) is 2. The molecule has 1 atom stereocenters. The Labute approximate surface area is 120 Å². The van der Waals surface area contributed by atoms with Crippen LogP contribution in [0.3, 0.4) is 0 Å². The molecule has 0 fully saturated rings. The van der Waals surface area contributed by atoms with E-state index in [2.05, 4.69) is 13.8 Å². The van der Waals surface area contributed by atoms with Crippen LogP contribution in [0.15, 0.2) is 54.6 Å². The van der Waals surface area contributed by atoms with Crippen molar-refractivity contribution in [2.45, 2.75) is 26.4 Å². The number of hydrogen-bond donors (Lipinski definition) is 0. The molecule has 0 heterocycles. The molecule has 2 heteroatoms. The third-order valence-corrected chi connectivity index (χ3v) is 3.38. The first-order valence-corrected chi connectivity index (χ1v) is 6.92. The van der Waals surface area contributed by atoms with Crippen LogP contribution in [-0.4, -0.2) is 6.29 Å². The second-order valence-electron chi connectivity index (χ2n) is 5.25. The van der Waals surface area contributed by atoms with E-state index in [-0.39, 0.29) is 5.92 Å². The summed E-state index contributed by atoms with van der Waals surface area (Å²) in [5.41, 5.74) is 2.19. The molecule has 0 radical (unpaired) electrons. The predicted octanol–water partition coefficient (Wildman–Crippen LogP) is 4.20. The van der Waals surface area contributed by atoms with Crippen molar-refractivity contribution in [3.05, 3.63) is 65.7 Å². The van der Waals surface area contributed by atoms with Gasteiger partial charge in [-0.25, -0.2) is 0 Å². The Morgan fingerprint density at radius 2 is 1.65 bits per heavy atom. The zero-order chi connectivity index (χ0) is 14.4. The van der Waals surface area contributed by atoms with Crippen molar-refractivity contribution < 1.29 is 9.53 Å². The summed E-state index contributed by atoms with van der Waals surface area (Å²) < 4.78 is 5.73. The van der Waals surface area contributed by atoms with E-state index in [1.54, 1.807) is 0 Å². The molecule has 0 spiro atoms. The van der Waals surface area contributed by atoms with Gasteiger partial charge in [-0.2, -0.15) is 0 Å². The van der Waals surface area contributed by atoms with Gasteiger partial charge in [0.05, 0.1) is 0 Å². The van der Waals surface area contributed by atoms with Gasteiger partial charge in [0.1, 0.15) is 18.6 Å². The molecule has 0 saturated carbocycles.